The first kappa shape index (κ1) is 21.2. The van der Waals surface area contributed by atoms with Crippen LogP contribution in [0.5, 0.6) is 0 Å². The van der Waals surface area contributed by atoms with E-state index >= 15 is 0 Å². The number of allylic oxidation sites excluding steroid dienone is 1. The molecule has 0 saturated carbocycles. The van der Waals surface area contributed by atoms with Crippen molar-refractivity contribution < 1.29 is 4.39 Å². The Labute approximate surface area is 202 Å². The van der Waals surface area contributed by atoms with Gasteiger partial charge in [0.25, 0.3) is 0 Å². The molecule has 9 heteroatoms. The maximum Gasteiger partial charge on any atom is 0.217 e. The lowest BCUT2D eigenvalue weighted by Gasteiger charge is -2.18. The Hall–Kier alpha value is -2.64. The number of rotatable bonds is 3. The zero-order valence-corrected chi connectivity index (χ0v) is 19.2. The first-order chi connectivity index (χ1) is 15.5. The predicted molar refractivity (Wildman–Crippen MR) is 129 cm³/mol. The zero-order chi connectivity index (χ0) is 22.2. The minimum atomic E-state index is -0.581. The van der Waals surface area contributed by atoms with E-state index in [1.165, 1.54) is 23.9 Å². The second-order valence-corrected chi connectivity index (χ2v) is 9.10. The van der Waals surface area contributed by atoms with Gasteiger partial charge in [-0.3, -0.25) is 0 Å². The lowest BCUT2D eigenvalue weighted by atomic mass is 10.1. The van der Waals surface area contributed by atoms with Gasteiger partial charge in [0.15, 0.2) is 5.82 Å². The second kappa shape index (κ2) is 8.71. The van der Waals surface area contributed by atoms with E-state index in [2.05, 4.69) is 10.2 Å². The topological polar surface area (TPSA) is 43.1 Å². The van der Waals surface area contributed by atoms with Crippen molar-refractivity contribution in [3.8, 4) is 11.4 Å². The highest BCUT2D eigenvalue weighted by Crippen LogP contribution is 2.38. The van der Waals surface area contributed by atoms with Crippen LogP contribution in [0, 0.1) is 5.82 Å². The van der Waals surface area contributed by atoms with Crippen molar-refractivity contribution in [3.63, 3.8) is 0 Å². The van der Waals surface area contributed by atoms with Crippen molar-refractivity contribution in [2.45, 2.75) is 5.16 Å². The third-order valence-corrected chi connectivity index (χ3v) is 6.53. The van der Waals surface area contributed by atoms with E-state index in [-0.39, 0.29) is 10.0 Å². The molecule has 4 nitrogen and oxygen atoms in total. The first-order valence-electron chi connectivity index (χ1n) is 9.40. The van der Waals surface area contributed by atoms with Crippen LogP contribution in [0.4, 0.5) is 4.39 Å². The normalized spacial score (nSPS) is 14.4. The van der Waals surface area contributed by atoms with Crippen molar-refractivity contribution >= 4 is 58.4 Å². The molecular formula is C23H12Cl3FN4S. The number of halogens is 4. The molecular weight excluding hydrogens is 490 g/mol. The molecule has 3 aromatic carbocycles. The Morgan fingerprint density at radius 1 is 0.875 bits per heavy atom. The van der Waals surface area contributed by atoms with Crippen molar-refractivity contribution in [1.29, 1.82) is 0 Å². The summed E-state index contributed by atoms with van der Waals surface area (Å²) in [6.07, 6.45) is 1.92. The van der Waals surface area contributed by atoms with E-state index in [0.717, 1.165) is 16.0 Å². The fourth-order valence-electron chi connectivity index (χ4n) is 3.18. The smallest absolute Gasteiger partial charge is 0.205 e. The summed E-state index contributed by atoms with van der Waals surface area (Å²) in [6, 6.07) is 19.6. The molecule has 0 N–H and O–H groups in total. The summed E-state index contributed by atoms with van der Waals surface area (Å²) in [5.41, 5.74) is 2.65. The summed E-state index contributed by atoms with van der Waals surface area (Å²) >= 11 is 19.8. The summed E-state index contributed by atoms with van der Waals surface area (Å²) in [4.78, 5) is 0.732. The van der Waals surface area contributed by atoms with Crippen molar-refractivity contribution in [2.24, 2.45) is 5.10 Å². The van der Waals surface area contributed by atoms with Crippen LogP contribution in [0.15, 0.2) is 81.9 Å². The van der Waals surface area contributed by atoms with Gasteiger partial charge in [0.2, 0.25) is 5.16 Å². The van der Waals surface area contributed by atoms with Gasteiger partial charge in [0.1, 0.15) is 11.5 Å². The van der Waals surface area contributed by atoms with E-state index in [4.69, 9.17) is 39.9 Å². The first-order valence-corrected chi connectivity index (χ1v) is 11.3. The average Bonchev–Trinajstić information content (AvgIpc) is 3.21. The molecule has 1 aromatic heterocycles. The molecule has 4 aromatic rings. The van der Waals surface area contributed by atoms with Gasteiger partial charge in [-0.05, 0) is 47.7 Å². The maximum atomic E-state index is 14.4. The maximum absolute atomic E-state index is 14.4. The zero-order valence-electron chi connectivity index (χ0n) is 16.1. The van der Waals surface area contributed by atoms with Crippen LogP contribution < -0.4 is 0 Å². The van der Waals surface area contributed by atoms with Gasteiger partial charge in [-0.15, -0.1) is 10.2 Å². The molecule has 0 fully saturated rings. The number of thioether (sulfide) groups is 1. The van der Waals surface area contributed by atoms with Crippen molar-refractivity contribution in [2.75, 3.05) is 0 Å². The number of fused-ring (bicyclic) bond motifs is 1. The summed E-state index contributed by atoms with van der Waals surface area (Å²) < 4.78 is 16.0. The predicted octanol–water partition coefficient (Wildman–Crippen LogP) is 7.44. The van der Waals surface area contributed by atoms with Crippen LogP contribution in [0.3, 0.4) is 0 Å². The van der Waals surface area contributed by atoms with E-state index in [9.17, 15) is 4.39 Å². The lowest BCUT2D eigenvalue weighted by molar-refractivity contribution is 0.628. The Morgan fingerprint density at radius 2 is 1.62 bits per heavy atom. The van der Waals surface area contributed by atoms with Crippen LogP contribution in [-0.4, -0.2) is 20.6 Å². The SMILES string of the molecule is Fc1cc(C2=Nn3c(nnc3-c3ccccc3)S/C2=C\c2ccc(Cl)cc2)c(Cl)cc1Cl. The molecule has 0 amide bonds. The highest BCUT2D eigenvalue weighted by Gasteiger charge is 2.27. The minimum absolute atomic E-state index is 0.0546. The van der Waals surface area contributed by atoms with E-state index in [1.807, 2.05) is 48.5 Å². The summed E-state index contributed by atoms with van der Waals surface area (Å²) in [7, 11) is 0. The summed E-state index contributed by atoms with van der Waals surface area (Å²) in [6.45, 7) is 0. The Bertz CT molecular complexity index is 1380. The Balaban J connectivity index is 1.71. The second-order valence-electron chi connectivity index (χ2n) is 6.84. The molecule has 0 saturated heterocycles. The number of nitrogens with zero attached hydrogens (tertiary/aromatic N) is 4. The van der Waals surface area contributed by atoms with Gasteiger partial charge in [0.05, 0.1) is 10.0 Å². The van der Waals surface area contributed by atoms with Gasteiger partial charge in [-0.2, -0.15) is 9.78 Å². The molecule has 0 spiro atoms. The summed E-state index contributed by atoms with van der Waals surface area (Å²) in [5.74, 6) is -0.0100. The Kier molecular flexibility index (Phi) is 5.78. The van der Waals surface area contributed by atoms with E-state index in [1.54, 1.807) is 16.8 Å². The fourth-order valence-corrected chi connectivity index (χ4v) is 4.71. The fraction of sp³-hybridized carbons (Fsp3) is 0. The molecule has 1 aliphatic heterocycles. The average molecular weight is 502 g/mol. The molecule has 0 atom stereocenters. The Morgan fingerprint density at radius 3 is 2.38 bits per heavy atom. The minimum Gasteiger partial charge on any atom is -0.205 e. The molecule has 5 rings (SSSR count). The highest BCUT2D eigenvalue weighted by molar-refractivity contribution is 8.04. The van der Waals surface area contributed by atoms with Crippen LogP contribution in [0.25, 0.3) is 17.5 Å². The standard InChI is InChI=1S/C23H12Cl3FN4S/c24-15-8-6-13(7-9-15)10-20-21(16-11-19(27)18(26)12-17(16)25)30-31-22(28-29-23(31)32-20)14-4-2-1-3-5-14/h1-12H/b20-10-. The molecule has 158 valence electrons. The third kappa shape index (κ3) is 4.07. The van der Waals surface area contributed by atoms with Gasteiger partial charge in [-0.25, -0.2) is 4.39 Å². The van der Waals surface area contributed by atoms with Gasteiger partial charge in [0, 0.05) is 21.1 Å². The molecule has 0 bridgehead atoms. The number of aromatic nitrogens is 3. The van der Waals surface area contributed by atoms with Crippen LogP contribution in [0.2, 0.25) is 15.1 Å². The van der Waals surface area contributed by atoms with Gasteiger partial charge in [-0.1, -0.05) is 77.3 Å². The van der Waals surface area contributed by atoms with Crippen molar-refractivity contribution in [3.05, 3.63) is 104 Å². The third-order valence-electron chi connectivity index (χ3n) is 4.71. The lowest BCUT2D eigenvalue weighted by Crippen LogP contribution is -2.13. The number of hydrogen-bond donors (Lipinski definition) is 0. The molecule has 2 heterocycles. The van der Waals surface area contributed by atoms with Crippen LogP contribution >= 0.6 is 46.6 Å². The van der Waals surface area contributed by atoms with E-state index < -0.39 is 5.82 Å². The summed E-state index contributed by atoms with van der Waals surface area (Å²) in [5, 5.41) is 14.8. The molecule has 32 heavy (non-hydrogen) atoms. The highest BCUT2D eigenvalue weighted by atomic mass is 35.5. The van der Waals surface area contributed by atoms with Gasteiger partial charge < -0.3 is 0 Å². The van der Waals surface area contributed by atoms with Crippen molar-refractivity contribution in [1.82, 2.24) is 14.9 Å². The molecule has 0 aliphatic carbocycles. The molecule has 0 unspecified atom stereocenters. The molecule has 1 aliphatic rings. The largest absolute Gasteiger partial charge is 0.217 e. The number of benzene rings is 3. The van der Waals surface area contributed by atoms with Crippen LogP contribution in [0.1, 0.15) is 11.1 Å². The molecule has 0 radical (unpaired) electrons. The van der Waals surface area contributed by atoms with E-state index in [0.29, 0.717) is 27.3 Å². The van der Waals surface area contributed by atoms with Gasteiger partial charge >= 0.3 is 0 Å². The quantitative estimate of drug-likeness (QED) is 0.274. The van der Waals surface area contributed by atoms with Crippen LogP contribution in [-0.2, 0) is 0 Å². The monoisotopic (exact) mass is 500 g/mol. The number of hydrogen-bond acceptors (Lipinski definition) is 4.